The molecule has 0 unspecified atom stereocenters. The van der Waals surface area contributed by atoms with Crippen molar-refractivity contribution in [2.75, 3.05) is 0 Å². The van der Waals surface area contributed by atoms with Crippen LogP contribution < -0.4 is 0 Å². The van der Waals surface area contributed by atoms with Crippen molar-refractivity contribution in [3.63, 3.8) is 0 Å². The molecule has 0 saturated heterocycles. The van der Waals surface area contributed by atoms with Crippen LogP contribution in [0.1, 0.15) is 56.4 Å². The van der Waals surface area contributed by atoms with Crippen LogP contribution >= 0.6 is 0 Å². The van der Waals surface area contributed by atoms with Crippen LogP contribution in [-0.2, 0) is 6.42 Å². The second-order valence-corrected chi connectivity index (χ2v) is 4.97. The van der Waals surface area contributed by atoms with Crippen LogP contribution in [0.2, 0.25) is 0 Å². The average Bonchev–Trinajstić information content (AvgIpc) is 2.08. The van der Waals surface area contributed by atoms with E-state index in [2.05, 4.69) is 44.6 Å². The molecule has 1 heterocycles. The molecule has 0 aliphatic heterocycles. The third-order valence-corrected chi connectivity index (χ3v) is 2.52. The predicted octanol–water partition coefficient (Wildman–Crippen LogP) is 3.42. The Morgan fingerprint density at radius 1 is 1.00 bits per heavy atom. The molecule has 1 aromatic heterocycles. The number of aryl methyl sites for hydroxylation is 2. The molecule has 0 N–H and O–H groups in total. The molecule has 0 saturated carbocycles. The molecule has 0 spiro atoms. The third-order valence-electron chi connectivity index (χ3n) is 2.52. The highest BCUT2D eigenvalue weighted by atomic mass is 14.9. The minimum Gasteiger partial charge on any atom is -0.238 e. The summed E-state index contributed by atoms with van der Waals surface area (Å²) in [5, 5.41) is 0. The van der Waals surface area contributed by atoms with E-state index in [0.717, 1.165) is 17.9 Å². The summed E-state index contributed by atoms with van der Waals surface area (Å²) in [4.78, 5) is 9.03. The predicted molar refractivity (Wildman–Crippen MR) is 64.1 cm³/mol. The molecular formula is C13H22N2. The van der Waals surface area contributed by atoms with E-state index in [-0.39, 0.29) is 0 Å². The third kappa shape index (κ3) is 3.01. The molecule has 0 radical (unpaired) electrons. The van der Waals surface area contributed by atoms with Crippen LogP contribution in [0.4, 0.5) is 0 Å². The van der Waals surface area contributed by atoms with Crippen molar-refractivity contribution in [2.45, 2.75) is 53.9 Å². The lowest BCUT2D eigenvalue weighted by Crippen LogP contribution is -2.09. The van der Waals surface area contributed by atoms with Crippen LogP contribution in [0.3, 0.4) is 0 Å². The molecule has 1 rings (SSSR count). The van der Waals surface area contributed by atoms with Crippen molar-refractivity contribution >= 4 is 0 Å². The second-order valence-electron chi connectivity index (χ2n) is 4.97. The first-order chi connectivity index (χ1) is 6.91. The maximum atomic E-state index is 4.58. The second kappa shape index (κ2) is 4.73. The molecule has 0 fully saturated rings. The van der Waals surface area contributed by atoms with Crippen LogP contribution in [0.25, 0.3) is 0 Å². The quantitative estimate of drug-likeness (QED) is 0.757. The molecule has 0 aliphatic carbocycles. The van der Waals surface area contributed by atoms with Crippen molar-refractivity contribution in [3.05, 3.63) is 22.8 Å². The molecule has 84 valence electrons. The Balaban J connectivity index is 3.21. The standard InChI is InChI=1S/C13H22N2/c1-8(2)7-12-10(5)14-11(6)15-13(12)9(3)4/h8-9H,7H2,1-6H3. The summed E-state index contributed by atoms with van der Waals surface area (Å²) in [6.07, 6.45) is 1.08. The summed E-state index contributed by atoms with van der Waals surface area (Å²) < 4.78 is 0. The van der Waals surface area contributed by atoms with Gasteiger partial charge in [-0.15, -0.1) is 0 Å². The van der Waals surface area contributed by atoms with Gasteiger partial charge in [-0.1, -0.05) is 27.7 Å². The van der Waals surface area contributed by atoms with Gasteiger partial charge in [-0.2, -0.15) is 0 Å². The summed E-state index contributed by atoms with van der Waals surface area (Å²) in [5.74, 6) is 2.04. The fourth-order valence-corrected chi connectivity index (χ4v) is 1.90. The van der Waals surface area contributed by atoms with Crippen molar-refractivity contribution in [3.8, 4) is 0 Å². The fraction of sp³-hybridized carbons (Fsp3) is 0.692. The monoisotopic (exact) mass is 206 g/mol. The zero-order valence-electron chi connectivity index (χ0n) is 10.8. The molecule has 0 aromatic carbocycles. The Morgan fingerprint density at radius 3 is 2.07 bits per heavy atom. The van der Waals surface area contributed by atoms with E-state index in [1.54, 1.807) is 0 Å². The van der Waals surface area contributed by atoms with E-state index in [1.165, 1.54) is 11.3 Å². The molecule has 1 aromatic rings. The van der Waals surface area contributed by atoms with Gasteiger partial charge in [-0.3, -0.25) is 0 Å². The Bertz CT molecular complexity index is 341. The highest BCUT2D eigenvalue weighted by Gasteiger charge is 2.14. The van der Waals surface area contributed by atoms with Gasteiger partial charge in [0.2, 0.25) is 0 Å². The first-order valence-electron chi connectivity index (χ1n) is 5.75. The van der Waals surface area contributed by atoms with E-state index in [9.17, 15) is 0 Å². The Kier molecular flexibility index (Phi) is 3.83. The normalized spacial score (nSPS) is 11.5. The Labute approximate surface area is 93.2 Å². The van der Waals surface area contributed by atoms with Gasteiger partial charge in [-0.05, 0) is 37.7 Å². The van der Waals surface area contributed by atoms with E-state index in [0.29, 0.717) is 11.8 Å². The van der Waals surface area contributed by atoms with Gasteiger partial charge >= 0.3 is 0 Å². The molecule has 0 atom stereocenters. The number of aromatic nitrogens is 2. The largest absolute Gasteiger partial charge is 0.238 e. The van der Waals surface area contributed by atoms with E-state index < -0.39 is 0 Å². The number of hydrogen-bond donors (Lipinski definition) is 0. The highest BCUT2D eigenvalue weighted by Crippen LogP contribution is 2.22. The van der Waals surface area contributed by atoms with Crippen LogP contribution in [0.15, 0.2) is 0 Å². The molecule has 0 amide bonds. The van der Waals surface area contributed by atoms with E-state index in [4.69, 9.17) is 0 Å². The van der Waals surface area contributed by atoms with Gasteiger partial charge in [-0.25, -0.2) is 9.97 Å². The lowest BCUT2D eigenvalue weighted by atomic mass is 9.95. The lowest BCUT2D eigenvalue weighted by molar-refractivity contribution is 0.623. The van der Waals surface area contributed by atoms with Gasteiger partial charge in [0, 0.05) is 5.69 Å². The number of rotatable bonds is 3. The zero-order chi connectivity index (χ0) is 11.6. The molecule has 0 aliphatic rings. The number of nitrogens with zero attached hydrogens (tertiary/aromatic N) is 2. The summed E-state index contributed by atoms with van der Waals surface area (Å²) >= 11 is 0. The molecule has 2 nitrogen and oxygen atoms in total. The van der Waals surface area contributed by atoms with Gasteiger partial charge in [0.15, 0.2) is 0 Å². The topological polar surface area (TPSA) is 25.8 Å². The van der Waals surface area contributed by atoms with Crippen molar-refractivity contribution in [1.82, 2.24) is 9.97 Å². The Morgan fingerprint density at radius 2 is 1.60 bits per heavy atom. The van der Waals surface area contributed by atoms with Crippen LogP contribution in [-0.4, -0.2) is 9.97 Å². The summed E-state index contributed by atoms with van der Waals surface area (Å²) in [6.45, 7) is 12.9. The Hall–Kier alpha value is -0.920. The molecule has 0 bridgehead atoms. The average molecular weight is 206 g/mol. The van der Waals surface area contributed by atoms with Crippen molar-refractivity contribution < 1.29 is 0 Å². The van der Waals surface area contributed by atoms with Crippen molar-refractivity contribution in [1.29, 1.82) is 0 Å². The number of hydrogen-bond acceptors (Lipinski definition) is 2. The smallest absolute Gasteiger partial charge is 0.125 e. The molecular weight excluding hydrogens is 184 g/mol. The van der Waals surface area contributed by atoms with Gasteiger partial charge in [0.05, 0.1) is 5.69 Å². The first-order valence-corrected chi connectivity index (χ1v) is 5.75. The maximum Gasteiger partial charge on any atom is 0.125 e. The summed E-state index contributed by atoms with van der Waals surface area (Å²) in [6, 6.07) is 0. The summed E-state index contributed by atoms with van der Waals surface area (Å²) in [5.41, 5.74) is 3.74. The van der Waals surface area contributed by atoms with E-state index >= 15 is 0 Å². The zero-order valence-corrected chi connectivity index (χ0v) is 10.8. The fourth-order valence-electron chi connectivity index (χ4n) is 1.90. The minimum atomic E-state index is 0.485. The SMILES string of the molecule is Cc1nc(C)c(CC(C)C)c(C(C)C)n1. The van der Waals surface area contributed by atoms with Crippen LogP contribution in [0, 0.1) is 19.8 Å². The van der Waals surface area contributed by atoms with Gasteiger partial charge in [0.1, 0.15) is 5.82 Å². The first kappa shape index (κ1) is 12.2. The summed E-state index contributed by atoms with van der Waals surface area (Å²) in [7, 11) is 0. The maximum absolute atomic E-state index is 4.58. The molecule has 15 heavy (non-hydrogen) atoms. The lowest BCUT2D eigenvalue weighted by Gasteiger charge is -2.16. The van der Waals surface area contributed by atoms with Crippen molar-refractivity contribution in [2.24, 2.45) is 5.92 Å². The van der Waals surface area contributed by atoms with Crippen LogP contribution in [0.5, 0.6) is 0 Å². The minimum absolute atomic E-state index is 0.485. The highest BCUT2D eigenvalue weighted by molar-refractivity contribution is 5.27. The molecule has 2 heteroatoms. The van der Waals surface area contributed by atoms with E-state index in [1.807, 2.05) is 6.92 Å². The van der Waals surface area contributed by atoms with Gasteiger partial charge in [0.25, 0.3) is 0 Å². The van der Waals surface area contributed by atoms with Gasteiger partial charge < -0.3 is 0 Å².